The van der Waals surface area contributed by atoms with E-state index in [-0.39, 0.29) is 0 Å². The molecule has 0 atom stereocenters. The van der Waals surface area contributed by atoms with Crippen LogP contribution in [0.15, 0.2) is 22.7 Å². The van der Waals surface area contributed by atoms with Crippen molar-refractivity contribution in [2.24, 2.45) is 0 Å². The predicted molar refractivity (Wildman–Crippen MR) is 69.3 cm³/mol. The molecule has 0 spiro atoms. The van der Waals surface area contributed by atoms with Gasteiger partial charge in [-0.15, -0.1) is 0 Å². The molecule has 1 aromatic rings. The highest BCUT2D eigenvalue weighted by Gasteiger charge is 2.15. The molecule has 1 heterocycles. The second kappa shape index (κ2) is 6.38. The van der Waals surface area contributed by atoms with Gasteiger partial charge in [0.1, 0.15) is 5.75 Å². The van der Waals surface area contributed by atoms with Gasteiger partial charge in [-0.2, -0.15) is 0 Å². The van der Waals surface area contributed by atoms with Crippen molar-refractivity contribution in [1.29, 1.82) is 0 Å². The maximum atomic E-state index is 5.89. The Morgan fingerprint density at radius 2 is 2.12 bits per heavy atom. The summed E-state index contributed by atoms with van der Waals surface area (Å²) >= 11 is 3.46. The highest BCUT2D eigenvalue weighted by molar-refractivity contribution is 9.10. The maximum Gasteiger partial charge on any atom is 0.124 e. The molecule has 0 amide bonds. The van der Waals surface area contributed by atoms with E-state index in [1.165, 1.54) is 0 Å². The molecule has 94 valence electrons. The van der Waals surface area contributed by atoms with Crippen LogP contribution in [-0.4, -0.2) is 26.4 Å². The fourth-order valence-corrected chi connectivity index (χ4v) is 2.32. The van der Waals surface area contributed by atoms with E-state index in [0.717, 1.165) is 41.8 Å². The van der Waals surface area contributed by atoms with Crippen molar-refractivity contribution < 1.29 is 14.2 Å². The Bertz CT molecular complexity index is 362. The summed E-state index contributed by atoms with van der Waals surface area (Å²) in [6.45, 7) is 2.20. The van der Waals surface area contributed by atoms with Crippen molar-refractivity contribution >= 4 is 15.9 Å². The lowest BCUT2D eigenvalue weighted by atomic mass is 10.1. The molecule has 3 nitrogen and oxygen atoms in total. The lowest BCUT2D eigenvalue weighted by molar-refractivity contribution is -0.0394. The Labute approximate surface area is 110 Å². The Hall–Kier alpha value is -0.580. The van der Waals surface area contributed by atoms with E-state index in [2.05, 4.69) is 15.9 Å². The fourth-order valence-electron chi connectivity index (χ4n) is 1.91. The first-order valence-electron chi connectivity index (χ1n) is 5.81. The van der Waals surface area contributed by atoms with Gasteiger partial charge in [0, 0.05) is 23.2 Å². The molecule has 0 bridgehead atoms. The first-order valence-corrected chi connectivity index (χ1v) is 6.60. The molecule has 0 N–H and O–H groups in total. The van der Waals surface area contributed by atoms with E-state index in [4.69, 9.17) is 14.2 Å². The van der Waals surface area contributed by atoms with Crippen LogP contribution in [0.2, 0.25) is 0 Å². The average Bonchev–Trinajstić information content (AvgIpc) is 2.38. The molecule has 0 aliphatic carbocycles. The zero-order valence-electron chi connectivity index (χ0n) is 9.95. The third-order valence-electron chi connectivity index (χ3n) is 2.89. The van der Waals surface area contributed by atoms with Crippen molar-refractivity contribution in [3.05, 3.63) is 28.2 Å². The largest absolute Gasteiger partial charge is 0.496 e. The molecule has 1 saturated heterocycles. The lowest BCUT2D eigenvalue weighted by Crippen LogP contribution is -2.23. The van der Waals surface area contributed by atoms with E-state index in [0.29, 0.717) is 12.7 Å². The van der Waals surface area contributed by atoms with Gasteiger partial charge < -0.3 is 14.2 Å². The normalized spacial score (nSPS) is 17.1. The summed E-state index contributed by atoms with van der Waals surface area (Å²) in [5, 5.41) is 0. The maximum absolute atomic E-state index is 5.89. The Morgan fingerprint density at radius 1 is 1.35 bits per heavy atom. The number of rotatable bonds is 4. The summed E-state index contributed by atoms with van der Waals surface area (Å²) in [4.78, 5) is 0. The molecule has 0 radical (unpaired) electrons. The van der Waals surface area contributed by atoms with Crippen molar-refractivity contribution in [3.8, 4) is 5.75 Å². The highest BCUT2D eigenvalue weighted by atomic mass is 79.9. The molecule has 4 heteroatoms. The molecule has 2 rings (SSSR count). The Balaban J connectivity index is 1.95. The van der Waals surface area contributed by atoms with Gasteiger partial charge in [0.25, 0.3) is 0 Å². The monoisotopic (exact) mass is 300 g/mol. The van der Waals surface area contributed by atoms with Crippen molar-refractivity contribution in [2.45, 2.75) is 25.6 Å². The lowest BCUT2D eigenvalue weighted by Gasteiger charge is -2.22. The van der Waals surface area contributed by atoms with Gasteiger partial charge in [0.15, 0.2) is 0 Å². The minimum atomic E-state index is 0.312. The summed E-state index contributed by atoms with van der Waals surface area (Å²) in [7, 11) is 1.68. The van der Waals surface area contributed by atoms with Gasteiger partial charge in [-0.1, -0.05) is 15.9 Å². The van der Waals surface area contributed by atoms with Gasteiger partial charge in [0.2, 0.25) is 0 Å². The van der Waals surface area contributed by atoms with Gasteiger partial charge in [-0.3, -0.25) is 0 Å². The number of benzene rings is 1. The minimum Gasteiger partial charge on any atom is -0.496 e. The van der Waals surface area contributed by atoms with Crippen LogP contribution in [-0.2, 0) is 16.1 Å². The topological polar surface area (TPSA) is 27.7 Å². The van der Waals surface area contributed by atoms with Crippen LogP contribution in [0, 0.1) is 0 Å². The van der Waals surface area contributed by atoms with Crippen LogP contribution in [0.3, 0.4) is 0 Å². The molecule has 1 aromatic carbocycles. The highest BCUT2D eigenvalue weighted by Crippen LogP contribution is 2.24. The van der Waals surface area contributed by atoms with Crippen molar-refractivity contribution in [1.82, 2.24) is 0 Å². The van der Waals surface area contributed by atoms with Crippen molar-refractivity contribution in [3.63, 3.8) is 0 Å². The zero-order chi connectivity index (χ0) is 12.1. The number of hydrogen-bond acceptors (Lipinski definition) is 3. The smallest absolute Gasteiger partial charge is 0.124 e. The second-order valence-electron chi connectivity index (χ2n) is 4.08. The fraction of sp³-hybridized carbons (Fsp3) is 0.538. The second-order valence-corrected chi connectivity index (χ2v) is 4.99. The first kappa shape index (κ1) is 12.9. The van der Waals surface area contributed by atoms with Crippen molar-refractivity contribution in [2.75, 3.05) is 20.3 Å². The van der Waals surface area contributed by atoms with E-state index < -0.39 is 0 Å². The zero-order valence-corrected chi connectivity index (χ0v) is 11.5. The average molecular weight is 301 g/mol. The summed E-state index contributed by atoms with van der Waals surface area (Å²) < 4.78 is 17.5. The molecule has 1 aliphatic rings. The van der Waals surface area contributed by atoms with Crippen LogP contribution in [0.4, 0.5) is 0 Å². The van der Waals surface area contributed by atoms with Crippen LogP contribution in [0.25, 0.3) is 0 Å². The number of methoxy groups -OCH3 is 1. The molecule has 1 fully saturated rings. The van der Waals surface area contributed by atoms with E-state index >= 15 is 0 Å². The van der Waals surface area contributed by atoms with Gasteiger partial charge in [-0.25, -0.2) is 0 Å². The number of ether oxygens (including phenoxy) is 3. The molecule has 0 unspecified atom stereocenters. The van der Waals surface area contributed by atoms with Gasteiger partial charge in [0.05, 0.1) is 19.8 Å². The summed E-state index contributed by atoms with van der Waals surface area (Å²) in [6.07, 6.45) is 2.28. The molecular formula is C13H17BrO3. The van der Waals surface area contributed by atoms with Crippen LogP contribution in [0.1, 0.15) is 18.4 Å². The molecule has 0 saturated carbocycles. The van der Waals surface area contributed by atoms with E-state index in [1.807, 2.05) is 18.2 Å². The predicted octanol–water partition coefficient (Wildman–Crippen LogP) is 3.15. The number of halogens is 1. The quantitative estimate of drug-likeness (QED) is 0.855. The van der Waals surface area contributed by atoms with Gasteiger partial charge >= 0.3 is 0 Å². The van der Waals surface area contributed by atoms with E-state index in [1.54, 1.807) is 7.11 Å². The third-order valence-corrected chi connectivity index (χ3v) is 3.38. The first-order chi connectivity index (χ1) is 8.29. The van der Waals surface area contributed by atoms with Crippen LogP contribution < -0.4 is 4.74 Å². The summed E-state index contributed by atoms with van der Waals surface area (Å²) in [5.74, 6) is 0.875. The Kier molecular flexibility index (Phi) is 4.83. The summed E-state index contributed by atoms with van der Waals surface area (Å²) in [6, 6.07) is 5.96. The van der Waals surface area contributed by atoms with Gasteiger partial charge in [-0.05, 0) is 31.0 Å². The third kappa shape index (κ3) is 3.69. The minimum absolute atomic E-state index is 0.312. The van der Waals surface area contributed by atoms with E-state index in [9.17, 15) is 0 Å². The van der Waals surface area contributed by atoms with Crippen LogP contribution >= 0.6 is 15.9 Å². The van der Waals surface area contributed by atoms with Crippen LogP contribution in [0.5, 0.6) is 5.75 Å². The Morgan fingerprint density at radius 3 is 2.82 bits per heavy atom. The SMILES string of the molecule is COc1ccc(Br)cc1COC1CCOCC1. The molecule has 17 heavy (non-hydrogen) atoms. The standard InChI is InChI=1S/C13H17BrO3/c1-15-13-3-2-11(14)8-10(13)9-17-12-4-6-16-7-5-12/h2-3,8,12H,4-7,9H2,1H3. The summed E-state index contributed by atoms with van der Waals surface area (Å²) in [5.41, 5.74) is 1.08. The number of hydrogen-bond donors (Lipinski definition) is 0. The molecule has 0 aromatic heterocycles. The molecule has 1 aliphatic heterocycles. The molecular weight excluding hydrogens is 284 g/mol.